The van der Waals surface area contributed by atoms with Crippen LogP contribution < -0.4 is 0 Å². The molecule has 0 N–H and O–H groups in total. The van der Waals surface area contributed by atoms with Crippen molar-refractivity contribution in [1.29, 1.82) is 0 Å². The van der Waals surface area contributed by atoms with Gasteiger partial charge in [0.05, 0.1) is 6.54 Å². The Balaban J connectivity index is 1.81. The van der Waals surface area contributed by atoms with Crippen LogP contribution in [0.2, 0.25) is 0 Å². The van der Waals surface area contributed by atoms with E-state index in [9.17, 15) is 4.79 Å². The van der Waals surface area contributed by atoms with Crippen molar-refractivity contribution in [2.24, 2.45) is 5.41 Å². The van der Waals surface area contributed by atoms with Gasteiger partial charge in [0, 0.05) is 13.1 Å². The quantitative estimate of drug-likeness (QED) is 0.697. The lowest BCUT2D eigenvalue weighted by Gasteiger charge is -2.46. The molecule has 2 fully saturated rings. The Kier molecular flexibility index (Phi) is 4.83. The van der Waals surface area contributed by atoms with Gasteiger partial charge in [-0.05, 0) is 65.0 Å². The minimum atomic E-state index is -0.410. The van der Waals surface area contributed by atoms with Crippen LogP contribution >= 0.6 is 0 Å². The predicted molar refractivity (Wildman–Crippen MR) is 84.0 cm³/mol. The molecule has 0 atom stereocenters. The fraction of sp³-hybridized carbons (Fsp3) is 0.824. The van der Waals surface area contributed by atoms with Crippen molar-refractivity contribution < 1.29 is 9.53 Å². The second-order valence-corrected chi connectivity index (χ2v) is 7.45. The SMILES string of the molecule is C#CCN1CCC2(CC1)CCN(C(=O)OC(C)(C)C)CC2. The van der Waals surface area contributed by atoms with Crippen LogP contribution in [0, 0.1) is 17.8 Å². The average molecular weight is 292 g/mol. The van der Waals surface area contributed by atoms with Crippen molar-refractivity contribution in [3.63, 3.8) is 0 Å². The highest BCUT2D eigenvalue weighted by Gasteiger charge is 2.39. The number of ether oxygens (including phenoxy) is 1. The first-order chi connectivity index (χ1) is 9.84. The van der Waals surface area contributed by atoms with Gasteiger partial charge in [0.1, 0.15) is 5.60 Å². The number of amides is 1. The summed E-state index contributed by atoms with van der Waals surface area (Å²) in [7, 11) is 0. The molecule has 21 heavy (non-hydrogen) atoms. The third-order valence-corrected chi connectivity index (χ3v) is 4.71. The highest BCUT2D eigenvalue weighted by Crippen LogP contribution is 2.41. The van der Waals surface area contributed by atoms with E-state index in [0.717, 1.165) is 45.6 Å². The summed E-state index contributed by atoms with van der Waals surface area (Å²) in [6.07, 6.45) is 9.81. The molecule has 2 rings (SSSR count). The predicted octanol–water partition coefficient (Wildman–Crippen LogP) is 2.73. The second kappa shape index (κ2) is 6.27. The molecular weight excluding hydrogens is 264 g/mol. The monoisotopic (exact) mass is 292 g/mol. The Morgan fingerprint density at radius 1 is 1.14 bits per heavy atom. The molecule has 0 unspecified atom stereocenters. The molecule has 2 aliphatic rings. The number of carbonyl (C=O) groups is 1. The third-order valence-electron chi connectivity index (χ3n) is 4.71. The second-order valence-electron chi connectivity index (χ2n) is 7.45. The van der Waals surface area contributed by atoms with Crippen molar-refractivity contribution in [2.75, 3.05) is 32.7 Å². The lowest BCUT2D eigenvalue weighted by Crippen LogP contribution is -2.49. The van der Waals surface area contributed by atoms with Crippen LogP contribution in [-0.4, -0.2) is 54.2 Å². The summed E-state index contributed by atoms with van der Waals surface area (Å²) >= 11 is 0. The summed E-state index contributed by atoms with van der Waals surface area (Å²) in [5.74, 6) is 2.73. The van der Waals surface area contributed by atoms with E-state index in [0.29, 0.717) is 5.41 Å². The molecule has 0 aliphatic carbocycles. The molecule has 0 aromatic heterocycles. The standard InChI is InChI=1S/C17H28N2O2/c1-5-10-18-11-6-17(7-12-18)8-13-19(14-9-17)15(20)21-16(2,3)4/h1H,6-14H2,2-4H3. The van der Waals surface area contributed by atoms with E-state index in [1.165, 1.54) is 12.8 Å². The van der Waals surface area contributed by atoms with Crippen molar-refractivity contribution in [2.45, 2.75) is 52.1 Å². The van der Waals surface area contributed by atoms with Crippen LogP contribution in [0.5, 0.6) is 0 Å². The molecule has 2 saturated heterocycles. The Bertz CT molecular complexity index is 401. The van der Waals surface area contributed by atoms with E-state index in [1.54, 1.807) is 0 Å². The highest BCUT2D eigenvalue weighted by atomic mass is 16.6. The Hall–Kier alpha value is -1.21. The van der Waals surface area contributed by atoms with Crippen molar-refractivity contribution in [3.05, 3.63) is 0 Å². The summed E-state index contributed by atoms with van der Waals surface area (Å²) < 4.78 is 5.46. The lowest BCUT2D eigenvalue weighted by molar-refractivity contribution is -0.00131. The van der Waals surface area contributed by atoms with Crippen molar-refractivity contribution in [3.8, 4) is 12.3 Å². The van der Waals surface area contributed by atoms with Crippen molar-refractivity contribution in [1.82, 2.24) is 9.80 Å². The van der Waals surface area contributed by atoms with E-state index >= 15 is 0 Å². The first-order valence-electron chi connectivity index (χ1n) is 7.97. The number of nitrogens with zero attached hydrogens (tertiary/aromatic N) is 2. The van der Waals surface area contributed by atoms with Crippen LogP contribution in [0.25, 0.3) is 0 Å². The molecule has 0 aromatic carbocycles. The van der Waals surface area contributed by atoms with Gasteiger partial charge in [-0.3, -0.25) is 4.90 Å². The van der Waals surface area contributed by atoms with Gasteiger partial charge in [0.2, 0.25) is 0 Å². The highest BCUT2D eigenvalue weighted by molar-refractivity contribution is 5.68. The maximum absolute atomic E-state index is 12.1. The van der Waals surface area contributed by atoms with Gasteiger partial charge < -0.3 is 9.64 Å². The van der Waals surface area contributed by atoms with Crippen LogP contribution in [0.4, 0.5) is 4.79 Å². The number of likely N-dealkylation sites (tertiary alicyclic amines) is 2. The van der Waals surface area contributed by atoms with Crippen LogP contribution in [0.1, 0.15) is 46.5 Å². The maximum Gasteiger partial charge on any atom is 0.410 e. The van der Waals surface area contributed by atoms with E-state index < -0.39 is 5.60 Å². The summed E-state index contributed by atoms with van der Waals surface area (Å²) in [5, 5.41) is 0. The van der Waals surface area contributed by atoms with E-state index in [-0.39, 0.29) is 6.09 Å². The first kappa shape index (κ1) is 16.2. The van der Waals surface area contributed by atoms with E-state index in [1.807, 2.05) is 25.7 Å². The zero-order chi connectivity index (χ0) is 15.5. The van der Waals surface area contributed by atoms with Gasteiger partial charge >= 0.3 is 6.09 Å². The molecule has 4 heteroatoms. The van der Waals surface area contributed by atoms with E-state index in [2.05, 4.69) is 10.8 Å². The summed E-state index contributed by atoms with van der Waals surface area (Å²) in [6.45, 7) is 10.3. The van der Waals surface area contributed by atoms with Crippen LogP contribution in [0.15, 0.2) is 0 Å². The molecule has 1 amide bonds. The third kappa shape index (κ3) is 4.38. The van der Waals surface area contributed by atoms with Gasteiger partial charge in [-0.2, -0.15) is 0 Å². The van der Waals surface area contributed by atoms with Gasteiger partial charge in [0.25, 0.3) is 0 Å². The first-order valence-corrected chi connectivity index (χ1v) is 7.97. The largest absolute Gasteiger partial charge is 0.444 e. The number of carbonyl (C=O) groups excluding carboxylic acids is 1. The van der Waals surface area contributed by atoms with Gasteiger partial charge in [-0.25, -0.2) is 4.79 Å². The fourth-order valence-corrected chi connectivity index (χ4v) is 3.30. The Morgan fingerprint density at radius 2 is 1.67 bits per heavy atom. The summed E-state index contributed by atoms with van der Waals surface area (Å²) in [6, 6.07) is 0. The normalized spacial score (nSPS) is 22.9. The number of rotatable bonds is 1. The average Bonchev–Trinajstić information content (AvgIpc) is 2.41. The number of hydrogen-bond donors (Lipinski definition) is 0. The minimum absolute atomic E-state index is 0.165. The topological polar surface area (TPSA) is 32.8 Å². The van der Waals surface area contributed by atoms with Gasteiger partial charge in [0.15, 0.2) is 0 Å². The molecule has 0 aromatic rings. The lowest BCUT2D eigenvalue weighted by atomic mass is 9.71. The molecule has 0 saturated carbocycles. The van der Waals surface area contributed by atoms with Gasteiger partial charge in [-0.1, -0.05) is 5.92 Å². The molecule has 2 aliphatic heterocycles. The molecular formula is C17H28N2O2. The van der Waals surface area contributed by atoms with E-state index in [4.69, 9.17) is 11.2 Å². The Labute approximate surface area is 128 Å². The molecule has 4 nitrogen and oxygen atoms in total. The maximum atomic E-state index is 12.1. The molecule has 1 spiro atoms. The number of terminal acetylenes is 1. The molecule has 2 heterocycles. The molecule has 0 bridgehead atoms. The zero-order valence-electron chi connectivity index (χ0n) is 13.7. The number of hydrogen-bond acceptors (Lipinski definition) is 3. The van der Waals surface area contributed by atoms with Crippen LogP contribution in [-0.2, 0) is 4.74 Å². The number of piperidine rings is 2. The van der Waals surface area contributed by atoms with Crippen molar-refractivity contribution >= 4 is 6.09 Å². The molecule has 118 valence electrons. The minimum Gasteiger partial charge on any atom is -0.444 e. The summed E-state index contributed by atoms with van der Waals surface area (Å²) in [4.78, 5) is 16.3. The van der Waals surface area contributed by atoms with Gasteiger partial charge in [-0.15, -0.1) is 6.42 Å². The zero-order valence-corrected chi connectivity index (χ0v) is 13.7. The fourth-order valence-electron chi connectivity index (χ4n) is 3.30. The van der Waals surface area contributed by atoms with Crippen LogP contribution in [0.3, 0.4) is 0 Å². The smallest absolute Gasteiger partial charge is 0.410 e. The Morgan fingerprint density at radius 3 is 2.14 bits per heavy atom. The molecule has 0 radical (unpaired) electrons. The summed E-state index contributed by atoms with van der Waals surface area (Å²) in [5.41, 5.74) is 0.0103.